The molecule has 0 atom stereocenters. The van der Waals surface area contributed by atoms with Crippen LogP contribution in [0.25, 0.3) is 0 Å². The van der Waals surface area contributed by atoms with Gasteiger partial charge in [-0.25, -0.2) is 14.4 Å². The van der Waals surface area contributed by atoms with E-state index in [4.69, 9.17) is 5.26 Å². The van der Waals surface area contributed by atoms with Gasteiger partial charge in [0.25, 0.3) is 0 Å². The minimum absolute atomic E-state index is 0.282. The van der Waals surface area contributed by atoms with Gasteiger partial charge < -0.3 is 5.32 Å². The first-order chi connectivity index (χ1) is 9.08. The first-order valence-electron chi connectivity index (χ1n) is 5.52. The van der Waals surface area contributed by atoms with E-state index in [1.54, 1.807) is 19.1 Å². The van der Waals surface area contributed by atoms with Crippen LogP contribution in [0.2, 0.25) is 0 Å². The van der Waals surface area contributed by atoms with Gasteiger partial charge in [0.2, 0.25) is 0 Å². The van der Waals surface area contributed by atoms with Gasteiger partial charge in [-0.05, 0) is 25.1 Å². The largest absolute Gasteiger partial charge is 0.366 e. The van der Waals surface area contributed by atoms with Crippen molar-refractivity contribution in [1.29, 1.82) is 5.26 Å². The zero-order valence-corrected chi connectivity index (χ0v) is 11.7. The smallest absolute Gasteiger partial charge is 0.146 e. The molecule has 0 fully saturated rings. The molecule has 2 aromatic rings. The third-order valence-electron chi connectivity index (χ3n) is 2.42. The SMILES string of the molecule is Cc1nc(C#N)cc(NCc2cc(Br)ccc2F)n1. The summed E-state index contributed by atoms with van der Waals surface area (Å²) in [6, 6.07) is 8.22. The van der Waals surface area contributed by atoms with Gasteiger partial charge in [0.1, 0.15) is 29.2 Å². The fourth-order valence-corrected chi connectivity index (χ4v) is 1.99. The van der Waals surface area contributed by atoms with E-state index in [9.17, 15) is 4.39 Å². The lowest BCUT2D eigenvalue weighted by Gasteiger charge is -2.08. The Morgan fingerprint density at radius 3 is 2.89 bits per heavy atom. The van der Waals surface area contributed by atoms with Crippen LogP contribution in [0, 0.1) is 24.1 Å². The summed E-state index contributed by atoms with van der Waals surface area (Å²) in [7, 11) is 0. The fourth-order valence-electron chi connectivity index (χ4n) is 1.58. The van der Waals surface area contributed by atoms with Crippen molar-refractivity contribution in [1.82, 2.24) is 9.97 Å². The molecule has 0 bridgehead atoms. The third-order valence-corrected chi connectivity index (χ3v) is 2.91. The summed E-state index contributed by atoms with van der Waals surface area (Å²) in [5.41, 5.74) is 0.800. The minimum atomic E-state index is -0.290. The number of aromatic nitrogens is 2. The summed E-state index contributed by atoms with van der Waals surface area (Å²) >= 11 is 3.29. The molecule has 0 amide bonds. The lowest BCUT2D eigenvalue weighted by atomic mass is 10.2. The Labute approximate surface area is 118 Å². The average Bonchev–Trinajstić information content (AvgIpc) is 2.39. The van der Waals surface area contributed by atoms with Crippen molar-refractivity contribution in [2.24, 2.45) is 0 Å². The molecule has 6 heteroatoms. The van der Waals surface area contributed by atoms with E-state index >= 15 is 0 Å². The monoisotopic (exact) mass is 320 g/mol. The van der Waals surface area contributed by atoms with E-state index in [1.807, 2.05) is 6.07 Å². The first kappa shape index (κ1) is 13.4. The second-order valence-corrected chi connectivity index (χ2v) is 4.80. The maximum absolute atomic E-state index is 13.6. The summed E-state index contributed by atoms with van der Waals surface area (Å²) in [5.74, 6) is 0.710. The standard InChI is InChI=1S/C13H10BrFN4/c1-8-18-11(6-16)5-13(19-8)17-7-9-4-10(14)2-3-12(9)15/h2-5H,7H2,1H3,(H,17,18,19). The number of halogens is 2. The molecule has 19 heavy (non-hydrogen) atoms. The molecule has 0 saturated heterocycles. The highest BCUT2D eigenvalue weighted by atomic mass is 79.9. The van der Waals surface area contributed by atoms with Crippen LogP contribution in [0.1, 0.15) is 17.1 Å². The number of hydrogen-bond donors (Lipinski definition) is 1. The molecule has 2 rings (SSSR count). The third kappa shape index (κ3) is 3.48. The van der Waals surface area contributed by atoms with Crippen LogP contribution >= 0.6 is 15.9 Å². The van der Waals surface area contributed by atoms with Gasteiger partial charge in [-0.1, -0.05) is 15.9 Å². The number of nitriles is 1. The van der Waals surface area contributed by atoms with Gasteiger partial charge in [-0.15, -0.1) is 0 Å². The van der Waals surface area contributed by atoms with Crippen LogP contribution in [0.3, 0.4) is 0 Å². The number of nitrogens with one attached hydrogen (secondary N) is 1. The normalized spacial score (nSPS) is 10.0. The summed E-state index contributed by atoms with van der Waals surface area (Å²) in [4.78, 5) is 8.09. The van der Waals surface area contributed by atoms with Crippen molar-refractivity contribution < 1.29 is 4.39 Å². The molecular formula is C13H10BrFN4. The zero-order chi connectivity index (χ0) is 13.8. The van der Waals surface area contributed by atoms with Crippen LogP contribution in [-0.2, 0) is 6.54 Å². The quantitative estimate of drug-likeness (QED) is 0.943. The van der Waals surface area contributed by atoms with Gasteiger partial charge >= 0.3 is 0 Å². The lowest BCUT2D eigenvalue weighted by molar-refractivity contribution is 0.612. The molecule has 0 unspecified atom stereocenters. The zero-order valence-electron chi connectivity index (χ0n) is 10.1. The molecule has 0 radical (unpaired) electrons. The van der Waals surface area contributed by atoms with Crippen molar-refractivity contribution in [3.05, 3.63) is 51.6 Å². The van der Waals surface area contributed by atoms with Crippen molar-refractivity contribution in [3.8, 4) is 6.07 Å². The predicted octanol–water partition coefficient (Wildman–Crippen LogP) is 3.17. The van der Waals surface area contributed by atoms with Crippen LogP contribution in [0.5, 0.6) is 0 Å². The van der Waals surface area contributed by atoms with E-state index in [0.717, 1.165) is 4.47 Å². The Kier molecular flexibility index (Phi) is 4.07. The molecule has 96 valence electrons. The van der Waals surface area contributed by atoms with E-state index in [1.165, 1.54) is 12.1 Å². The second kappa shape index (κ2) is 5.76. The Hall–Kier alpha value is -2.00. The van der Waals surface area contributed by atoms with Crippen molar-refractivity contribution >= 4 is 21.7 Å². The first-order valence-corrected chi connectivity index (χ1v) is 6.31. The van der Waals surface area contributed by atoms with Crippen molar-refractivity contribution in [2.75, 3.05) is 5.32 Å². The molecule has 0 aliphatic carbocycles. The minimum Gasteiger partial charge on any atom is -0.366 e. The van der Waals surface area contributed by atoms with E-state index in [2.05, 4.69) is 31.2 Å². The number of rotatable bonds is 3. The highest BCUT2D eigenvalue weighted by molar-refractivity contribution is 9.10. The highest BCUT2D eigenvalue weighted by Gasteiger charge is 2.05. The molecule has 0 spiro atoms. The Bertz CT molecular complexity index is 652. The maximum atomic E-state index is 13.6. The number of anilines is 1. The Morgan fingerprint density at radius 1 is 1.37 bits per heavy atom. The molecule has 0 saturated carbocycles. The number of nitrogens with zero attached hydrogens (tertiary/aromatic N) is 3. The van der Waals surface area contributed by atoms with Gasteiger partial charge in [0, 0.05) is 22.6 Å². The van der Waals surface area contributed by atoms with Crippen LogP contribution in [0.15, 0.2) is 28.7 Å². The summed E-state index contributed by atoms with van der Waals surface area (Å²) in [6.45, 7) is 1.98. The second-order valence-electron chi connectivity index (χ2n) is 3.89. The van der Waals surface area contributed by atoms with E-state index < -0.39 is 0 Å². The molecule has 1 aromatic carbocycles. The fraction of sp³-hybridized carbons (Fsp3) is 0.154. The Morgan fingerprint density at radius 2 is 2.16 bits per heavy atom. The van der Waals surface area contributed by atoms with Crippen LogP contribution in [-0.4, -0.2) is 9.97 Å². The van der Waals surface area contributed by atoms with Crippen LogP contribution < -0.4 is 5.32 Å². The Balaban J connectivity index is 2.17. The molecular weight excluding hydrogens is 311 g/mol. The number of aryl methyl sites for hydroxylation is 1. The van der Waals surface area contributed by atoms with Crippen molar-refractivity contribution in [2.45, 2.75) is 13.5 Å². The predicted molar refractivity (Wildman–Crippen MR) is 72.9 cm³/mol. The summed E-state index contributed by atoms with van der Waals surface area (Å²) < 4.78 is 14.4. The van der Waals surface area contributed by atoms with E-state index in [-0.39, 0.29) is 18.1 Å². The molecule has 0 aliphatic rings. The van der Waals surface area contributed by atoms with Crippen LogP contribution in [0.4, 0.5) is 10.2 Å². The highest BCUT2D eigenvalue weighted by Crippen LogP contribution is 2.17. The van der Waals surface area contributed by atoms with Crippen molar-refractivity contribution in [3.63, 3.8) is 0 Å². The molecule has 1 N–H and O–H groups in total. The molecule has 1 aromatic heterocycles. The number of hydrogen-bond acceptors (Lipinski definition) is 4. The van der Waals surface area contributed by atoms with Gasteiger partial charge in [-0.3, -0.25) is 0 Å². The number of benzene rings is 1. The summed E-state index contributed by atoms with van der Waals surface area (Å²) in [6.07, 6.45) is 0. The molecule has 0 aliphatic heterocycles. The maximum Gasteiger partial charge on any atom is 0.146 e. The lowest BCUT2D eigenvalue weighted by Crippen LogP contribution is -2.05. The molecule has 4 nitrogen and oxygen atoms in total. The molecule has 1 heterocycles. The van der Waals surface area contributed by atoms with Gasteiger partial charge in [0.15, 0.2) is 0 Å². The topological polar surface area (TPSA) is 61.6 Å². The van der Waals surface area contributed by atoms with Gasteiger partial charge in [0.05, 0.1) is 0 Å². The van der Waals surface area contributed by atoms with E-state index in [0.29, 0.717) is 17.2 Å². The summed E-state index contributed by atoms with van der Waals surface area (Å²) in [5, 5.41) is 11.8. The average molecular weight is 321 g/mol. The van der Waals surface area contributed by atoms with Gasteiger partial charge in [-0.2, -0.15) is 5.26 Å².